The van der Waals surface area contributed by atoms with Gasteiger partial charge in [-0.2, -0.15) is 0 Å². The normalized spacial score (nSPS) is 10.3. The lowest BCUT2D eigenvalue weighted by Gasteiger charge is -2.10. The van der Waals surface area contributed by atoms with Crippen molar-refractivity contribution in [1.82, 2.24) is 10.2 Å². The van der Waals surface area contributed by atoms with E-state index in [-0.39, 0.29) is 5.91 Å². The first-order valence-electron chi connectivity index (χ1n) is 4.74. The number of likely N-dealkylation sites (N-methyl/N-ethyl adjacent to an activating group) is 1. The van der Waals surface area contributed by atoms with E-state index in [0.29, 0.717) is 6.54 Å². The monoisotopic (exact) mass is 290 g/mol. The van der Waals surface area contributed by atoms with Crippen molar-refractivity contribution in [2.75, 3.05) is 27.2 Å². The number of hydrogen-bond acceptors (Lipinski definition) is 3. The van der Waals surface area contributed by atoms with E-state index in [4.69, 9.17) is 0 Å². The van der Waals surface area contributed by atoms with E-state index in [9.17, 15) is 4.79 Å². The maximum absolute atomic E-state index is 11.2. The fourth-order valence-electron chi connectivity index (χ4n) is 1.05. The zero-order chi connectivity index (χ0) is 11.3. The molecule has 0 aliphatic rings. The first-order valence-corrected chi connectivity index (χ1v) is 6.35. The Morgan fingerprint density at radius 3 is 2.80 bits per heavy atom. The highest BCUT2D eigenvalue weighted by molar-refractivity contribution is 9.11. The van der Waals surface area contributed by atoms with Crippen LogP contribution in [0.3, 0.4) is 0 Å². The van der Waals surface area contributed by atoms with Crippen molar-refractivity contribution in [3.05, 3.63) is 20.8 Å². The number of carbonyl (C=O) groups excluding carboxylic acids is 1. The number of hydrogen-bond donors (Lipinski definition) is 1. The average molecular weight is 291 g/mol. The van der Waals surface area contributed by atoms with Crippen LogP contribution in [-0.2, 0) is 11.2 Å². The van der Waals surface area contributed by atoms with E-state index in [1.807, 2.05) is 6.07 Å². The van der Waals surface area contributed by atoms with Gasteiger partial charge in [0, 0.05) is 25.5 Å². The van der Waals surface area contributed by atoms with Crippen molar-refractivity contribution in [3.63, 3.8) is 0 Å². The third-order valence-corrected chi connectivity index (χ3v) is 3.64. The Balaban J connectivity index is 2.15. The molecule has 1 aromatic rings. The van der Waals surface area contributed by atoms with Crippen molar-refractivity contribution in [3.8, 4) is 0 Å². The van der Waals surface area contributed by atoms with Crippen molar-refractivity contribution >= 4 is 33.2 Å². The molecule has 0 aliphatic heterocycles. The summed E-state index contributed by atoms with van der Waals surface area (Å²) in [4.78, 5) is 14.1. The molecule has 0 unspecified atom stereocenters. The summed E-state index contributed by atoms with van der Waals surface area (Å²) in [5, 5.41) is 3.12. The quantitative estimate of drug-likeness (QED) is 0.838. The largest absolute Gasteiger partial charge is 0.348 e. The third-order valence-electron chi connectivity index (χ3n) is 1.95. The molecule has 0 radical (unpaired) electrons. The van der Waals surface area contributed by atoms with Crippen molar-refractivity contribution < 1.29 is 4.79 Å². The molecule has 3 nitrogen and oxygen atoms in total. The molecule has 5 heteroatoms. The second-order valence-corrected chi connectivity index (χ2v) is 5.97. The maximum atomic E-state index is 11.2. The minimum absolute atomic E-state index is 0.113. The highest BCUT2D eigenvalue weighted by atomic mass is 79.9. The van der Waals surface area contributed by atoms with Gasteiger partial charge in [-0.15, -0.1) is 11.3 Å². The molecule has 1 amide bonds. The van der Waals surface area contributed by atoms with Gasteiger partial charge >= 0.3 is 0 Å². The van der Waals surface area contributed by atoms with Gasteiger partial charge in [-0.25, -0.2) is 0 Å². The van der Waals surface area contributed by atoms with E-state index in [1.165, 1.54) is 4.88 Å². The Morgan fingerprint density at radius 2 is 2.27 bits per heavy atom. The molecule has 0 saturated heterocycles. The molecule has 0 saturated carbocycles. The van der Waals surface area contributed by atoms with Crippen molar-refractivity contribution in [1.29, 1.82) is 0 Å². The van der Waals surface area contributed by atoms with Crippen LogP contribution in [0.2, 0.25) is 0 Å². The molecular formula is C10H15BrN2OS. The third kappa shape index (κ3) is 4.77. The van der Waals surface area contributed by atoms with Gasteiger partial charge in [0.15, 0.2) is 0 Å². The molecule has 0 aromatic carbocycles. The Hall–Kier alpha value is -0.390. The number of halogens is 1. The smallest absolute Gasteiger partial charge is 0.236 e. The Morgan fingerprint density at radius 1 is 1.53 bits per heavy atom. The number of thiophene rings is 1. The summed E-state index contributed by atoms with van der Waals surface area (Å²) in [5.74, 6) is 0.113. The fourth-order valence-corrected chi connectivity index (χ4v) is 2.53. The van der Waals surface area contributed by atoms with Gasteiger partial charge < -0.3 is 10.2 Å². The second kappa shape index (κ2) is 6.25. The molecule has 0 aliphatic carbocycles. The second-order valence-electron chi connectivity index (χ2n) is 3.42. The van der Waals surface area contributed by atoms with Crippen LogP contribution >= 0.6 is 27.3 Å². The summed E-state index contributed by atoms with van der Waals surface area (Å²) in [6.07, 6.45) is 0.969. The summed E-state index contributed by atoms with van der Waals surface area (Å²) >= 11 is 5.15. The van der Waals surface area contributed by atoms with Crippen LogP contribution in [0.15, 0.2) is 15.9 Å². The molecule has 15 heavy (non-hydrogen) atoms. The molecule has 0 fully saturated rings. The Labute approximate surface area is 103 Å². The van der Waals surface area contributed by atoms with Gasteiger partial charge in [0.05, 0.1) is 10.3 Å². The van der Waals surface area contributed by atoms with Crippen LogP contribution in [0.4, 0.5) is 0 Å². The zero-order valence-corrected chi connectivity index (χ0v) is 11.3. The Kier molecular flexibility index (Phi) is 5.28. The molecular weight excluding hydrogens is 276 g/mol. The highest BCUT2D eigenvalue weighted by Crippen LogP contribution is 2.21. The van der Waals surface area contributed by atoms with Crippen molar-refractivity contribution in [2.24, 2.45) is 0 Å². The molecule has 0 spiro atoms. The zero-order valence-electron chi connectivity index (χ0n) is 8.92. The van der Waals surface area contributed by atoms with Gasteiger partial charge in [-0.05, 0) is 34.5 Å². The number of nitrogens with one attached hydrogen (secondary N) is 1. The molecule has 0 atom stereocenters. The van der Waals surface area contributed by atoms with Crippen LogP contribution in [0.5, 0.6) is 0 Å². The molecule has 1 rings (SSSR count). The first-order chi connectivity index (χ1) is 7.09. The van der Waals surface area contributed by atoms with Crippen LogP contribution in [0.25, 0.3) is 0 Å². The van der Waals surface area contributed by atoms with Crippen LogP contribution < -0.4 is 5.32 Å². The van der Waals surface area contributed by atoms with E-state index in [0.717, 1.165) is 16.8 Å². The SMILES string of the molecule is CN(C)C(=O)CNCCc1ccc(Br)s1. The number of rotatable bonds is 5. The molecule has 1 aromatic heterocycles. The standard InChI is InChI=1S/C10H15BrN2OS/c1-13(2)10(14)7-12-6-5-8-3-4-9(11)15-8/h3-4,12H,5-7H2,1-2H3. The highest BCUT2D eigenvalue weighted by Gasteiger charge is 2.02. The molecule has 84 valence electrons. The minimum Gasteiger partial charge on any atom is -0.348 e. The van der Waals surface area contributed by atoms with Gasteiger partial charge in [-0.3, -0.25) is 4.79 Å². The summed E-state index contributed by atoms with van der Waals surface area (Å²) in [6, 6.07) is 4.15. The molecule has 1 heterocycles. The van der Waals surface area contributed by atoms with Gasteiger partial charge in [-0.1, -0.05) is 0 Å². The number of nitrogens with zero attached hydrogens (tertiary/aromatic N) is 1. The van der Waals surface area contributed by atoms with E-state index >= 15 is 0 Å². The van der Waals surface area contributed by atoms with Gasteiger partial charge in [0.2, 0.25) is 5.91 Å². The van der Waals surface area contributed by atoms with Crippen LogP contribution in [-0.4, -0.2) is 38.0 Å². The van der Waals surface area contributed by atoms with Crippen molar-refractivity contribution in [2.45, 2.75) is 6.42 Å². The van der Waals surface area contributed by atoms with Gasteiger partial charge in [0.1, 0.15) is 0 Å². The predicted molar refractivity (Wildman–Crippen MR) is 67.3 cm³/mol. The first kappa shape index (κ1) is 12.7. The van der Waals surface area contributed by atoms with Gasteiger partial charge in [0.25, 0.3) is 0 Å². The summed E-state index contributed by atoms with van der Waals surface area (Å²) < 4.78 is 1.15. The summed E-state index contributed by atoms with van der Waals surface area (Å²) in [6.45, 7) is 1.26. The number of amides is 1. The average Bonchev–Trinajstić information content (AvgIpc) is 2.58. The lowest BCUT2D eigenvalue weighted by atomic mass is 10.3. The fraction of sp³-hybridized carbons (Fsp3) is 0.500. The van der Waals surface area contributed by atoms with E-state index in [1.54, 1.807) is 30.3 Å². The predicted octanol–water partition coefficient (Wildman–Crippen LogP) is 1.73. The number of carbonyl (C=O) groups is 1. The summed E-state index contributed by atoms with van der Waals surface area (Å²) in [7, 11) is 3.53. The van der Waals surface area contributed by atoms with E-state index < -0.39 is 0 Å². The topological polar surface area (TPSA) is 32.3 Å². The molecule has 1 N–H and O–H groups in total. The Bertz CT molecular complexity index is 325. The van der Waals surface area contributed by atoms with Crippen LogP contribution in [0, 0.1) is 0 Å². The van der Waals surface area contributed by atoms with E-state index in [2.05, 4.69) is 27.3 Å². The summed E-state index contributed by atoms with van der Waals surface area (Å²) in [5.41, 5.74) is 0. The lowest BCUT2D eigenvalue weighted by molar-refractivity contribution is -0.127. The lowest BCUT2D eigenvalue weighted by Crippen LogP contribution is -2.33. The molecule has 0 bridgehead atoms. The van der Waals surface area contributed by atoms with Crippen LogP contribution in [0.1, 0.15) is 4.88 Å². The minimum atomic E-state index is 0.113. The maximum Gasteiger partial charge on any atom is 0.236 e.